The van der Waals surface area contributed by atoms with E-state index >= 15 is 0 Å². The molecule has 16 heavy (non-hydrogen) atoms. The number of sulfone groups is 1. The highest BCUT2D eigenvalue weighted by Gasteiger charge is 2.33. The van der Waals surface area contributed by atoms with Gasteiger partial charge in [0.05, 0.1) is 16.5 Å². The molecule has 2 unspecified atom stereocenters. The monoisotopic (exact) mass is 279 g/mol. The maximum atomic E-state index is 11.4. The highest BCUT2D eigenvalue weighted by molar-refractivity contribution is 7.91. The third kappa shape index (κ3) is 2.96. The van der Waals surface area contributed by atoms with E-state index in [9.17, 15) is 8.42 Å². The molecule has 2 rings (SSSR count). The number of hydrogen-bond acceptors (Lipinski definition) is 4. The average molecular weight is 280 g/mol. The summed E-state index contributed by atoms with van der Waals surface area (Å²) in [5.74, 6) is 1.59. The molecular formula is C10H14ClNO2S2. The summed E-state index contributed by atoms with van der Waals surface area (Å²) in [4.78, 5) is 4.22. The molecule has 1 aromatic rings. The van der Waals surface area contributed by atoms with Gasteiger partial charge in [0.25, 0.3) is 0 Å². The van der Waals surface area contributed by atoms with Gasteiger partial charge in [0.2, 0.25) is 0 Å². The molecule has 1 aliphatic heterocycles. The Hall–Kier alpha value is -0.130. The zero-order chi connectivity index (χ0) is 11.6. The molecule has 0 radical (unpaired) electrons. The van der Waals surface area contributed by atoms with Gasteiger partial charge in [-0.25, -0.2) is 13.4 Å². The summed E-state index contributed by atoms with van der Waals surface area (Å²) in [6.45, 7) is 0. The van der Waals surface area contributed by atoms with Crippen molar-refractivity contribution in [2.45, 2.75) is 12.8 Å². The van der Waals surface area contributed by atoms with E-state index in [0.29, 0.717) is 17.4 Å². The molecule has 2 atom stereocenters. The van der Waals surface area contributed by atoms with Gasteiger partial charge in [0, 0.05) is 23.9 Å². The van der Waals surface area contributed by atoms with E-state index in [4.69, 9.17) is 11.6 Å². The van der Waals surface area contributed by atoms with E-state index in [-0.39, 0.29) is 11.8 Å². The van der Waals surface area contributed by atoms with Gasteiger partial charge in [-0.05, 0) is 18.3 Å². The Morgan fingerprint density at radius 2 is 2.44 bits per heavy atom. The molecule has 0 spiro atoms. The second-order valence-corrected chi connectivity index (χ2v) is 7.72. The lowest BCUT2D eigenvalue weighted by molar-refractivity contribution is 0.397. The third-order valence-corrected chi connectivity index (χ3v) is 6.04. The molecule has 0 N–H and O–H groups in total. The van der Waals surface area contributed by atoms with E-state index in [2.05, 4.69) is 4.98 Å². The quantitative estimate of drug-likeness (QED) is 0.792. The van der Waals surface area contributed by atoms with Gasteiger partial charge in [-0.1, -0.05) is 0 Å². The first-order valence-corrected chi connectivity index (χ1v) is 8.49. The molecule has 1 aliphatic rings. The molecule has 0 amide bonds. The summed E-state index contributed by atoms with van der Waals surface area (Å²) in [6, 6.07) is 0. The van der Waals surface area contributed by atoms with Crippen molar-refractivity contribution in [3.8, 4) is 0 Å². The summed E-state index contributed by atoms with van der Waals surface area (Å²) < 4.78 is 22.8. The lowest BCUT2D eigenvalue weighted by Gasteiger charge is -2.18. The van der Waals surface area contributed by atoms with E-state index in [1.165, 1.54) is 0 Å². The van der Waals surface area contributed by atoms with Crippen LogP contribution in [0.1, 0.15) is 11.4 Å². The van der Waals surface area contributed by atoms with Gasteiger partial charge >= 0.3 is 0 Å². The Balaban J connectivity index is 2.01. The van der Waals surface area contributed by atoms with E-state index in [1.807, 2.05) is 5.38 Å². The lowest BCUT2D eigenvalue weighted by atomic mass is 9.91. The van der Waals surface area contributed by atoms with Gasteiger partial charge in [0.1, 0.15) is 0 Å². The lowest BCUT2D eigenvalue weighted by Crippen LogP contribution is -2.20. The van der Waals surface area contributed by atoms with Crippen LogP contribution in [0.25, 0.3) is 0 Å². The molecule has 0 aromatic carbocycles. The topological polar surface area (TPSA) is 47.0 Å². The van der Waals surface area contributed by atoms with Crippen molar-refractivity contribution in [2.24, 2.45) is 11.8 Å². The third-order valence-electron chi connectivity index (χ3n) is 3.05. The summed E-state index contributed by atoms with van der Waals surface area (Å²) >= 11 is 7.55. The number of thiazole rings is 1. The fourth-order valence-electron chi connectivity index (χ4n) is 2.12. The molecule has 6 heteroatoms. The molecule has 1 fully saturated rings. The summed E-state index contributed by atoms with van der Waals surface area (Å²) in [7, 11) is -2.81. The molecule has 0 aliphatic carbocycles. The normalized spacial score (nSPS) is 25.7. The van der Waals surface area contributed by atoms with Crippen LogP contribution >= 0.6 is 22.9 Å². The molecule has 2 heterocycles. The maximum Gasteiger partial charge on any atom is 0.150 e. The van der Waals surface area contributed by atoms with Gasteiger partial charge in [0.15, 0.2) is 9.84 Å². The second-order valence-electron chi connectivity index (χ2n) is 4.21. The standard InChI is InChI=1S/C10H14ClNO2S2/c11-6-9(5-10-12-2-3-15-10)8-1-4-16(13,14)7-8/h2-3,8-9H,1,4-7H2. The Kier molecular flexibility index (Phi) is 3.87. The van der Waals surface area contributed by atoms with Crippen molar-refractivity contribution in [1.29, 1.82) is 0 Å². The predicted octanol–water partition coefficient (Wildman–Crippen LogP) is 1.98. The number of hydrogen-bond donors (Lipinski definition) is 0. The number of halogens is 1. The minimum Gasteiger partial charge on any atom is -0.250 e. The first-order valence-electron chi connectivity index (χ1n) is 5.25. The first-order chi connectivity index (χ1) is 7.61. The van der Waals surface area contributed by atoms with E-state index in [0.717, 1.165) is 17.8 Å². The zero-order valence-corrected chi connectivity index (χ0v) is 11.2. The summed E-state index contributed by atoms with van der Waals surface area (Å²) in [5, 5.41) is 2.99. The SMILES string of the molecule is O=S1(=O)CCC(C(CCl)Cc2nccs2)C1. The van der Waals surface area contributed by atoms with Crippen molar-refractivity contribution in [1.82, 2.24) is 4.98 Å². The Morgan fingerprint density at radius 3 is 2.94 bits per heavy atom. The number of nitrogens with zero attached hydrogens (tertiary/aromatic N) is 1. The van der Waals surface area contributed by atoms with Crippen molar-refractivity contribution in [2.75, 3.05) is 17.4 Å². The largest absolute Gasteiger partial charge is 0.250 e. The number of alkyl halides is 1. The highest BCUT2D eigenvalue weighted by Crippen LogP contribution is 2.29. The maximum absolute atomic E-state index is 11.4. The molecule has 1 aromatic heterocycles. The van der Waals surface area contributed by atoms with Crippen LogP contribution in [0.2, 0.25) is 0 Å². The smallest absolute Gasteiger partial charge is 0.150 e. The molecule has 0 bridgehead atoms. The van der Waals surface area contributed by atoms with Crippen LogP contribution < -0.4 is 0 Å². The van der Waals surface area contributed by atoms with Gasteiger partial charge < -0.3 is 0 Å². The summed E-state index contributed by atoms with van der Waals surface area (Å²) in [6.07, 6.45) is 3.34. The molecule has 90 valence electrons. The van der Waals surface area contributed by atoms with Gasteiger partial charge in [-0.3, -0.25) is 0 Å². The van der Waals surface area contributed by atoms with Crippen molar-refractivity contribution >= 4 is 32.8 Å². The molecular weight excluding hydrogens is 266 g/mol. The zero-order valence-electron chi connectivity index (χ0n) is 8.80. The number of aromatic nitrogens is 1. The van der Waals surface area contributed by atoms with Crippen molar-refractivity contribution < 1.29 is 8.42 Å². The molecule has 3 nitrogen and oxygen atoms in total. The van der Waals surface area contributed by atoms with Crippen LogP contribution in [0.5, 0.6) is 0 Å². The average Bonchev–Trinajstić information content (AvgIpc) is 2.83. The second kappa shape index (κ2) is 5.02. The van der Waals surface area contributed by atoms with Gasteiger partial charge in [-0.15, -0.1) is 22.9 Å². The van der Waals surface area contributed by atoms with Crippen LogP contribution in [0.4, 0.5) is 0 Å². The van der Waals surface area contributed by atoms with Crippen LogP contribution in [-0.4, -0.2) is 30.8 Å². The highest BCUT2D eigenvalue weighted by atomic mass is 35.5. The minimum atomic E-state index is -2.81. The number of rotatable bonds is 4. The Bertz CT molecular complexity index is 430. The van der Waals surface area contributed by atoms with Crippen LogP contribution in [0.3, 0.4) is 0 Å². The van der Waals surface area contributed by atoms with E-state index in [1.54, 1.807) is 17.5 Å². The van der Waals surface area contributed by atoms with Gasteiger partial charge in [-0.2, -0.15) is 0 Å². The van der Waals surface area contributed by atoms with E-state index < -0.39 is 9.84 Å². The summed E-state index contributed by atoms with van der Waals surface area (Å²) in [5.41, 5.74) is 0. The Labute approximate surface area is 105 Å². The van der Waals surface area contributed by atoms with Crippen molar-refractivity contribution in [3.05, 3.63) is 16.6 Å². The van der Waals surface area contributed by atoms with Crippen LogP contribution in [0, 0.1) is 11.8 Å². The predicted molar refractivity (Wildman–Crippen MR) is 66.8 cm³/mol. The molecule has 1 saturated heterocycles. The Morgan fingerprint density at radius 1 is 1.62 bits per heavy atom. The minimum absolute atomic E-state index is 0.214. The van der Waals surface area contributed by atoms with Crippen molar-refractivity contribution in [3.63, 3.8) is 0 Å². The fraction of sp³-hybridized carbons (Fsp3) is 0.700. The first kappa shape index (κ1) is 12.3. The van der Waals surface area contributed by atoms with Crippen LogP contribution in [0.15, 0.2) is 11.6 Å². The molecule has 0 saturated carbocycles. The van der Waals surface area contributed by atoms with Crippen LogP contribution in [-0.2, 0) is 16.3 Å². The fourth-order valence-corrected chi connectivity index (χ4v) is 5.11.